The van der Waals surface area contributed by atoms with Gasteiger partial charge in [0, 0.05) is 19.6 Å². The Morgan fingerprint density at radius 1 is 1.18 bits per heavy atom. The fraction of sp³-hybridized carbons (Fsp3) is 0.875. The molecular weight excluding hydrogens is 286 g/mol. The molecule has 0 spiro atoms. The molecule has 0 saturated carbocycles. The molecule has 1 rings (SSSR count). The predicted molar refractivity (Wildman–Crippen MR) is 82.6 cm³/mol. The van der Waals surface area contributed by atoms with Gasteiger partial charge in [0.15, 0.2) is 0 Å². The number of unbranched alkanes of at least 4 members (excludes halogenated alkanes) is 2. The lowest BCUT2D eigenvalue weighted by atomic mass is 10.2. The van der Waals surface area contributed by atoms with E-state index in [9.17, 15) is 9.59 Å². The van der Waals surface area contributed by atoms with E-state index in [1.165, 1.54) is 7.11 Å². The molecule has 0 aromatic heterocycles. The first-order chi connectivity index (χ1) is 10.3. The van der Waals surface area contributed by atoms with E-state index < -0.39 is 5.60 Å². The van der Waals surface area contributed by atoms with Crippen LogP contribution in [0.15, 0.2) is 0 Å². The Hall–Kier alpha value is -1.30. The molecule has 0 aromatic carbocycles. The van der Waals surface area contributed by atoms with Crippen LogP contribution in [-0.2, 0) is 19.0 Å². The Kier molecular flexibility index (Phi) is 7.65. The number of hydrogen-bond donors (Lipinski definition) is 0. The van der Waals surface area contributed by atoms with E-state index in [-0.39, 0.29) is 18.2 Å². The van der Waals surface area contributed by atoms with Crippen LogP contribution in [0.25, 0.3) is 0 Å². The number of carbonyl (C=O) groups is 2. The molecule has 1 atom stereocenters. The molecule has 0 N–H and O–H groups in total. The van der Waals surface area contributed by atoms with Gasteiger partial charge < -0.3 is 19.1 Å². The molecular formula is C16H29NO5. The summed E-state index contributed by atoms with van der Waals surface area (Å²) in [4.78, 5) is 24.6. The second kappa shape index (κ2) is 8.98. The Morgan fingerprint density at radius 3 is 2.55 bits per heavy atom. The third kappa shape index (κ3) is 7.64. The molecule has 0 unspecified atom stereocenters. The third-order valence-corrected chi connectivity index (χ3v) is 3.40. The molecule has 1 saturated heterocycles. The molecule has 128 valence electrons. The lowest BCUT2D eigenvalue weighted by Gasteiger charge is -2.24. The number of esters is 1. The van der Waals surface area contributed by atoms with Crippen LogP contribution in [-0.4, -0.2) is 55.5 Å². The fourth-order valence-corrected chi connectivity index (χ4v) is 2.26. The van der Waals surface area contributed by atoms with Crippen LogP contribution in [0.2, 0.25) is 0 Å². The van der Waals surface area contributed by atoms with Gasteiger partial charge in [0.05, 0.1) is 19.8 Å². The molecule has 1 heterocycles. The van der Waals surface area contributed by atoms with E-state index in [4.69, 9.17) is 9.47 Å². The number of carbonyl (C=O) groups excluding carboxylic acids is 2. The molecule has 22 heavy (non-hydrogen) atoms. The highest BCUT2D eigenvalue weighted by atomic mass is 16.6. The number of methoxy groups -OCH3 is 1. The van der Waals surface area contributed by atoms with E-state index in [0.29, 0.717) is 26.1 Å². The third-order valence-electron chi connectivity index (χ3n) is 3.40. The molecule has 1 amide bonds. The molecule has 6 nitrogen and oxygen atoms in total. The van der Waals surface area contributed by atoms with Crippen LogP contribution in [0.1, 0.15) is 52.9 Å². The maximum atomic E-state index is 11.9. The van der Waals surface area contributed by atoms with Crippen LogP contribution in [0.4, 0.5) is 4.79 Å². The van der Waals surface area contributed by atoms with Crippen LogP contribution < -0.4 is 0 Å². The zero-order valence-corrected chi connectivity index (χ0v) is 14.2. The Bertz CT molecular complexity index is 364. The number of likely N-dealkylation sites (tertiary alicyclic amines) is 1. The van der Waals surface area contributed by atoms with Crippen molar-refractivity contribution in [2.75, 3.05) is 26.8 Å². The summed E-state index contributed by atoms with van der Waals surface area (Å²) in [6.07, 6.45) is 3.82. The standard InChI is InChI=1S/C16H29NO5/c1-16(2,3)22-15(19)17-10-9-13(12-17)21-11-7-5-6-8-14(18)20-4/h13H,5-12H2,1-4H3/t13-/m1/s1. The summed E-state index contributed by atoms with van der Waals surface area (Å²) in [7, 11) is 1.40. The van der Waals surface area contributed by atoms with E-state index in [2.05, 4.69) is 4.74 Å². The number of rotatable bonds is 7. The maximum absolute atomic E-state index is 11.9. The Balaban J connectivity index is 2.09. The first-order valence-electron chi connectivity index (χ1n) is 7.98. The van der Waals surface area contributed by atoms with Crippen LogP contribution in [0, 0.1) is 0 Å². The van der Waals surface area contributed by atoms with Gasteiger partial charge in [0.1, 0.15) is 5.60 Å². The second-order valence-electron chi connectivity index (χ2n) is 6.59. The van der Waals surface area contributed by atoms with Gasteiger partial charge in [-0.25, -0.2) is 4.79 Å². The molecule has 6 heteroatoms. The highest BCUT2D eigenvalue weighted by Gasteiger charge is 2.29. The van der Waals surface area contributed by atoms with Crippen molar-refractivity contribution in [3.05, 3.63) is 0 Å². The largest absolute Gasteiger partial charge is 0.469 e. The number of ether oxygens (including phenoxy) is 3. The van der Waals surface area contributed by atoms with Crippen LogP contribution >= 0.6 is 0 Å². The summed E-state index contributed by atoms with van der Waals surface area (Å²) in [5, 5.41) is 0. The summed E-state index contributed by atoms with van der Waals surface area (Å²) >= 11 is 0. The Labute approximate surface area is 133 Å². The molecule has 0 aromatic rings. The zero-order chi connectivity index (χ0) is 16.6. The highest BCUT2D eigenvalue weighted by Crippen LogP contribution is 2.17. The minimum atomic E-state index is -0.463. The van der Waals surface area contributed by atoms with Crippen molar-refractivity contribution < 1.29 is 23.8 Å². The maximum Gasteiger partial charge on any atom is 0.410 e. The van der Waals surface area contributed by atoms with E-state index in [1.54, 1.807) is 4.90 Å². The smallest absolute Gasteiger partial charge is 0.410 e. The van der Waals surface area contributed by atoms with Gasteiger partial charge in [-0.15, -0.1) is 0 Å². The Morgan fingerprint density at radius 2 is 1.91 bits per heavy atom. The topological polar surface area (TPSA) is 65.1 Å². The summed E-state index contributed by atoms with van der Waals surface area (Å²) in [5.74, 6) is -0.162. The van der Waals surface area contributed by atoms with Crippen molar-refractivity contribution in [2.24, 2.45) is 0 Å². The summed E-state index contributed by atoms with van der Waals surface area (Å²) in [5.41, 5.74) is -0.463. The highest BCUT2D eigenvalue weighted by molar-refractivity contribution is 5.69. The quantitative estimate of drug-likeness (QED) is 0.534. The molecule has 0 radical (unpaired) electrons. The minimum Gasteiger partial charge on any atom is -0.469 e. The van der Waals surface area contributed by atoms with E-state index >= 15 is 0 Å². The van der Waals surface area contributed by atoms with Gasteiger partial charge in [-0.1, -0.05) is 6.42 Å². The molecule has 1 aliphatic heterocycles. The van der Waals surface area contributed by atoms with Crippen molar-refractivity contribution >= 4 is 12.1 Å². The lowest BCUT2D eigenvalue weighted by molar-refractivity contribution is -0.140. The van der Waals surface area contributed by atoms with Crippen molar-refractivity contribution in [3.8, 4) is 0 Å². The fourth-order valence-electron chi connectivity index (χ4n) is 2.26. The lowest BCUT2D eigenvalue weighted by Crippen LogP contribution is -2.36. The summed E-state index contributed by atoms with van der Waals surface area (Å²) in [6.45, 7) is 7.53. The molecule has 0 aliphatic carbocycles. The van der Waals surface area contributed by atoms with Gasteiger partial charge in [-0.05, 0) is 40.0 Å². The van der Waals surface area contributed by atoms with Gasteiger partial charge in [0.2, 0.25) is 0 Å². The van der Waals surface area contributed by atoms with E-state index in [0.717, 1.165) is 25.7 Å². The second-order valence-corrected chi connectivity index (χ2v) is 6.59. The first kappa shape index (κ1) is 18.7. The van der Waals surface area contributed by atoms with Crippen LogP contribution in [0.3, 0.4) is 0 Å². The first-order valence-corrected chi connectivity index (χ1v) is 7.98. The average Bonchev–Trinajstić information content (AvgIpc) is 2.89. The number of nitrogens with zero attached hydrogens (tertiary/aromatic N) is 1. The number of hydrogen-bond acceptors (Lipinski definition) is 5. The van der Waals surface area contributed by atoms with E-state index in [1.807, 2.05) is 20.8 Å². The van der Waals surface area contributed by atoms with Crippen LogP contribution in [0.5, 0.6) is 0 Å². The van der Waals surface area contributed by atoms with Crippen molar-refractivity contribution in [3.63, 3.8) is 0 Å². The van der Waals surface area contributed by atoms with Crippen molar-refractivity contribution in [2.45, 2.75) is 64.6 Å². The normalized spacial score (nSPS) is 18.4. The average molecular weight is 315 g/mol. The molecule has 1 fully saturated rings. The zero-order valence-electron chi connectivity index (χ0n) is 14.2. The molecule has 1 aliphatic rings. The number of amides is 1. The van der Waals surface area contributed by atoms with Gasteiger partial charge in [-0.3, -0.25) is 4.79 Å². The van der Waals surface area contributed by atoms with Gasteiger partial charge in [-0.2, -0.15) is 0 Å². The summed E-state index contributed by atoms with van der Waals surface area (Å²) in [6, 6.07) is 0. The van der Waals surface area contributed by atoms with Crippen molar-refractivity contribution in [1.29, 1.82) is 0 Å². The summed E-state index contributed by atoms with van der Waals surface area (Å²) < 4.78 is 15.7. The van der Waals surface area contributed by atoms with Gasteiger partial charge in [0.25, 0.3) is 0 Å². The minimum absolute atomic E-state index is 0.0909. The van der Waals surface area contributed by atoms with Crippen molar-refractivity contribution in [1.82, 2.24) is 4.90 Å². The molecule has 0 bridgehead atoms. The van der Waals surface area contributed by atoms with Gasteiger partial charge >= 0.3 is 12.1 Å². The predicted octanol–water partition coefficient (Wildman–Crippen LogP) is 2.75. The monoisotopic (exact) mass is 315 g/mol. The SMILES string of the molecule is COC(=O)CCCCCO[C@@H]1CCN(C(=O)OC(C)(C)C)C1.